The number of phenolic OH excluding ortho intramolecular Hbond substituents is 1. The average molecular weight is 984 g/mol. The molecule has 378 valence electrons. The predicted molar refractivity (Wildman–Crippen MR) is 246 cm³/mol. The number of aliphatic hydroxyl groups is 3. The summed E-state index contributed by atoms with van der Waals surface area (Å²) in [6.07, 6.45) is -5.00. The molecule has 5 aliphatic rings. The molecular weight excluding hydrogens is 927 g/mol. The Morgan fingerprint density at radius 2 is 1.61 bits per heavy atom. The average Bonchev–Trinajstić information content (AvgIpc) is 4.07. The van der Waals surface area contributed by atoms with E-state index >= 15 is 0 Å². The summed E-state index contributed by atoms with van der Waals surface area (Å²) in [6, 6.07) is 10.9. The van der Waals surface area contributed by atoms with Crippen LogP contribution in [0.15, 0.2) is 54.6 Å². The minimum absolute atomic E-state index is 0.0135. The molecule has 3 aliphatic heterocycles. The van der Waals surface area contributed by atoms with Gasteiger partial charge >= 0.3 is 6.09 Å². The van der Waals surface area contributed by atoms with Gasteiger partial charge in [0.1, 0.15) is 54.5 Å². The normalized spacial score (nSPS) is 26.1. The Kier molecular flexibility index (Phi) is 14.9. The number of hydrogen-bond acceptors (Lipinski definition) is 16. The number of carbonyl (C=O) groups excluding carboxylic acids is 8. The van der Waals surface area contributed by atoms with E-state index in [1.54, 1.807) is 0 Å². The number of methoxy groups -OCH3 is 1. The van der Waals surface area contributed by atoms with Crippen LogP contribution in [0.2, 0.25) is 0 Å². The molecule has 0 unspecified atom stereocenters. The molecule has 7 N–H and O–H groups in total. The van der Waals surface area contributed by atoms with Crippen molar-refractivity contribution in [3.8, 4) is 11.5 Å². The molecule has 3 saturated heterocycles. The maximum Gasteiger partial charge on any atom is 0.410 e. The van der Waals surface area contributed by atoms with Crippen LogP contribution in [0.1, 0.15) is 107 Å². The van der Waals surface area contributed by atoms with Gasteiger partial charge in [-0.1, -0.05) is 42.5 Å². The van der Waals surface area contributed by atoms with Crippen LogP contribution in [-0.2, 0) is 51.2 Å². The first kappa shape index (κ1) is 50.6. The van der Waals surface area contributed by atoms with Crippen molar-refractivity contribution >= 4 is 47.1 Å². The maximum atomic E-state index is 14.0. The molecular formula is C50H57N5O16. The Morgan fingerprint density at radius 3 is 2.31 bits per heavy atom. The SMILES string of the molecule is COc1cccc2c1C(=O)c1cc3c(c(O)c1C2=O)C[C@@](O)(C(=O)CO)C[C@@H]3O[C@H]1C[C@H](NC(=O)[C@@H]2CCCN2C(=O)CNC(=O)[C@H](C)NC(=O)[C@@H]2CCCN2C(=O)OCc2ccccc2)[C@H](O)[C@H](C)O1. The highest BCUT2D eigenvalue weighted by molar-refractivity contribution is 6.30. The van der Waals surface area contributed by atoms with Crippen molar-refractivity contribution in [2.75, 3.05) is 33.4 Å². The lowest BCUT2D eigenvalue weighted by Gasteiger charge is -2.43. The van der Waals surface area contributed by atoms with Crippen LogP contribution >= 0.6 is 0 Å². The summed E-state index contributed by atoms with van der Waals surface area (Å²) in [7, 11) is 1.34. The Labute approximate surface area is 407 Å². The number of phenols is 1. The summed E-state index contributed by atoms with van der Waals surface area (Å²) in [5, 5.41) is 52.4. The first-order valence-electron chi connectivity index (χ1n) is 23.6. The largest absolute Gasteiger partial charge is 0.507 e. The molecule has 3 aromatic rings. The fraction of sp³-hybridized carbons (Fsp3) is 0.480. The van der Waals surface area contributed by atoms with Crippen molar-refractivity contribution in [3.05, 3.63) is 93.5 Å². The molecule has 9 atom stereocenters. The zero-order valence-corrected chi connectivity index (χ0v) is 39.4. The van der Waals surface area contributed by atoms with E-state index in [9.17, 15) is 58.8 Å². The molecule has 0 aromatic heterocycles. The topological polar surface area (TPSA) is 297 Å². The molecule has 2 aliphatic carbocycles. The van der Waals surface area contributed by atoms with E-state index < -0.39 is 133 Å². The van der Waals surface area contributed by atoms with Crippen molar-refractivity contribution in [1.82, 2.24) is 25.8 Å². The van der Waals surface area contributed by atoms with Crippen molar-refractivity contribution in [1.29, 1.82) is 0 Å². The van der Waals surface area contributed by atoms with Gasteiger partial charge in [0.05, 0.1) is 43.0 Å². The first-order chi connectivity index (χ1) is 33.9. The molecule has 0 spiro atoms. The van der Waals surface area contributed by atoms with Crippen molar-refractivity contribution in [2.24, 2.45) is 0 Å². The summed E-state index contributed by atoms with van der Waals surface area (Å²) in [5.41, 5.74) is -1.96. The number of rotatable bonds is 14. The van der Waals surface area contributed by atoms with Crippen molar-refractivity contribution in [3.63, 3.8) is 0 Å². The second-order valence-electron chi connectivity index (χ2n) is 18.6. The zero-order chi connectivity index (χ0) is 50.9. The summed E-state index contributed by atoms with van der Waals surface area (Å²) in [4.78, 5) is 110. The van der Waals surface area contributed by atoms with Crippen LogP contribution in [-0.4, -0.2) is 159 Å². The summed E-state index contributed by atoms with van der Waals surface area (Å²) < 4.78 is 23.2. The fourth-order valence-corrected chi connectivity index (χ4v) is 10.2. The lowest BCUT2D eigenvalue weighted by molar-refractivity contribution is -0.249. The first-order valence-corrected chi connectivity index (χ1v) is 23.6. The van der Waals surface area contributed by atoms with Crippen LogP contribution in [0.4, 0.5) is 4.79 Å². The van der Waals surface area contributed by atoms with Gasteiger partial charge in [0, 0.05) is 49.0 Å². The van der Waals surface area contributed by atoms with E-state index in [0.717, 1.165) is 5.56 Å². The molecule has 3 aromatic carbocycles. The third-order valence-corrected chi connectivity index (χ3v) is 14.0. The minimum Gasteiger partial charge on any atom is -0.507 e. The number of Topliss-reactive ketones (excluding diaryl/α,β-unsaturated/α-hetero) is 1. The van der Waals surface area contributed by atoms with Crippen LogP contribution in [0.5, 0.6) is 11.5 Å². The number of hydrogen-bond donors (Lipinski definition) is 7. The second kappa shape index (κ2) is 20.9. The molecule has 0 radical (unpaired) electrons. The van der Waals surface area contributed by atoms with Gasteiger partial charge in [0.25, 0.3) is 0 Å². The minimum atomic E-state index is -2.30. The van der Waals surface area contributed by atoms with Crippen molar-refractivity contribution < 1.29 is 77.7 Å². The van der Waals surface area contributed by atoms with E-state index in [1.807, 2.05) is 30.3 Å². The molecule has 71 heavy (non-hydrogen) atoms. The molecule has 21 heteroatoms. The standard InChI is InChI=1S/C50H57N5O16/c1-25(52-47(64)34-14-9-17-55(34)49(66)69-24-27-10-5-4-6-11-27)46(63)51-22-38(58)54-16-8-13-33(54)48(65)53-32-19-39(70-26(2)42(32)59)71-36-21-50(67,37(57)23-56)20-31-29(36)18-30-41(45(31)62)43(60)28-12-7-15-35(68-3)40(28)44(30)61/h4-7,10-12,15,18,25-26,32-34,36,39,42,56,59,62,67H,8-9,13-14,16-17,19-24H2,1-3H3,(H,51,63)(H,52,64)(H,53,65)/t25-,26-,32-,33-,34-,36-,39-,42+,50-/m0/s1. The summed E-state index contributed by atoms with van der Waals surface area (Å²) >= 11 is 0. The summed E-state index contributed by atoms with van der Waals surface area (Å²) in [6.45, 7) is 1.93. The quantitative estimate of drug-likeness (QED) is 0.0922. The third-order valence-electron chi connectivity index (χ3n) is 14.0. The molecule has 3 heterocycles. The van der Waals surface area contributed by atoms with E-state index in [0.29, 0.717) is 25.8 Å². The molecule has 3 fully saturated rings. The Balaban J connectivity index is 0.897. The molecule has 21 nitrogen and oxygen atoms in total. The highest BCUT2D eigenvalue weighted by Gasteiger charge is 2.49. The Morgan fingerprint density at radius 1 is 0.915 bits per heavy atom. The van der Waals surface area contributed by atoms with Gasteiger partial charge in [-0.15, -0.1) is 0 Å². The number of amides is 5. The molecule has 0 saturated carbocycles. The molecule has 5 amide bonds. The van der Waals surface area contributed by atoms with Gasteiger partial charge in [-0.3, -0.25) is 38.5 Å². The number of nitrogens with one attached hydrogen (secondary N) is 3. The zero-order valence-electron chi connectivity index (χ0n) is 39.4. The number of benzene rings is 3. The second-order valence-corrected chi connectivity index (χ2v) is 18.6. The van der Waals surface area contributed by atoms with Gasteiger partial charge in [0.2, 0.25) is 23.6 Å². The van der Waals surface area contributed by atoms with Crippen LogP contribution in [0, 0.1) is 0 Å². The van der Waals surface area contributed by atoms with Gasteiger partial charge < -0.3 is 60.2 Å². The third kappa shape index (κ3) is 10.1. The Hall–Kier alpha value is -6.78. The number of carbonyl (C=O) groups is 8. The van der Waals surface area contributed by atoms with E-state index in [-0.39, 0.29) is 65.1 Å². The Bertz CT molecular complexity index is 2630. The smallest absolute Gasteiger partial charge is 0.410 e. The van der Waals surface area contributed by atoms with Crippen LogP contribution < -0.4 is 20.7 Å². The fourth-order valence-electron chi connectivity index (χ4n) is 10.2. The number of likely N-dealkylation sites (tertiary alicyclic amines) is 2. The maximum absolute atomic E-state index is 14.0. The molecule has 0 bridgehead atoms. The number of ketones is 3. The number of ether oxygens (including phenoxy) is 4. The number of nitrogens with zero attached hydrogens (tertiary/aromatic N) is 2. The van der Waals surface area contributed by atoms with E-state index in [1.165, 1.54) is 55.0 Å². The lowest BCUT2D eigenvalue weighted by atomic mass is 9.72. The predicted octanol–water partition coefficient (Wildman–Crippen LogP) is 0.866. The van der Waals surface area contributed by atoms with Crippen LogP contribution in [0.3, 0.4) is 0 Å². The van der Waals surface area contributed by atoms with Gasteiger partial charge in [0.15, 0.2) is 23.6 Å². The van der Waals surface area contributed by atoms with E-state index in [2.05, 4.69) is 16.0 Å². The number of aromatic hydroxyl groups is 1. The highest BCUT2D eigenvalue weighted by atomic mass is 16.7. The summed E-state index contributed by atoms with van der Waals surface area (Å²) in [5.74, 6) is -5.24. The van der Waals surface area contributed by atoms with Gasteiger partial charge in [-0.05, 0) is 62.8 Å². The molecule has 8 rings (SSSR count). The van der Waals surface area contributed by atoms with Crippen molar-refractivity contribution in [2.45, 2.75) is 120 Å². The van der Waals surface area contributed by atoms with Gasteiger partial charge in [-0.25, -0.2) is 4.79 Å². The highest BCUT2D eigenvalue weighted by Crippen LogP contribution is 2.48. The number of aliphatic hydroxyl groups excluding tert-OH is 2. The monoisotopic (exact) mass is 983 g/mol. The van der Waals surface area contributed by atoms with Gasteiger partial charge in [-0.2, -0.15) is 0 Å². The number of fused-ring (bicyclic) bond motifs is 3. The van der Waals surface area contributed by atoms with Crippen LogP contribution in [0.25, 0.3) is 0 Å². The van der Waals surface area contributed by atoms with E-state index in [4.69, 9.17) is 18.9 Å². The lowest BCUT2D eigenvalue weighted by Crippen LogP contribution is -2.59.